The Morgan fingerprint density at radius 2 is 2.04 bits per heavy atom. The molecule has 0 N–H and O–H groups in total. The molecule has 26 heavy (non-hydrogen) atoms. The van der Waals surface area contributed by atoms with Crippen molar-refractivity contribution in [2.45, 2.75) is 37.3 Å². The van der Waals surface area contributed by atoms with E-state index in [9.17, 15) is 31.1 Å². The highest BCUT2D eigenvalue weighted by atomic mass is 19.4. The number of rotatable bonds is 6. The average molecular weight is 382 g/mol. The van der Waals surface area contributed by atoms with Gasteiger partial charge in [-0.3, -0.25) is 9.53 Å². The van der Waals surface area contributed by atoms with Crippen LogP contribution in [0.25, 0.3) is 4.85 Å². The van der Waals surface area contributed by atoms with Gasteiger partial charge in [0.15, 0.2) is 11.8 Å². The number of carbonyl (C=O) groups excluding carboxylic acids is 1. The monoisotopic (exact) mass is 382 g/mol. The van der Waals surface area contributed by atoms with Crippen LogP contribution in [-0.4, -0.2) is 27.5 Å². The van der Waals surface area contributed by atoms with Crippen molar-refractivity contribution in [3.63, 3.8) is 0 Å². The maximum Gasteiger partial charge on any atom is 0.436 e. The van der Waals surface area contributed by atoms with Gasteiger partial charge in [-0.05, 0) is 0 Å². The van der Waals surface area contributed by atoms with E-state index in [1.54, 1.807) is 0 Å². The molecule has 1 aromatic rings. The first-order chi connectivity index (χ1) is 11.9. The van der Waals surface area contributed by atoms with Gasteiger partial charge in [0, 0.05) is 7.62 Å². The Hall–Kier alpha value is -3.02. The summed E-state index contributed by atoms with van der Waals surface area (Å²) in [5.41, 5.74) is -4.98. The Kier molecular flexibility index (Phi) is 6.04. The quantitative estimate of drug-likeness (QED) is 0.323. The molecule has 142 valence electrons. The van der Waals surface area contributed by atoms with E-state index in [0.29, 0.717) is 17.1 Å². The fourth-order valence-electron chi connectivity index (χ4n) is 1.90. The summed E-state index contributed by atoms with van der Waals surface area (Å²) >= 11 is 0. The third kappa shape index (κ3) is 5.24. The molecule has 0 bridgehead atoms. The van der Waals surface area contributed by atoms with Crippen LogP contribution in [0, 0.1) is 17.9 Å². The van der Waals surface area contributed by atoms with Crippen LogP contribution in [-0.2, 0) is 17.5 Å². The average Bonchev–Trinajstić information content (AvgIpc) is 2.95. The van der Waals surface area contributed by atoms with Crippen molar-refractivity contribution in [2.75, 3.05) is 0 Å². The minimum Gasteiger partial charge on any atom is -0.431 e. The molecule has 1 aromatic heterocycles. The number of hydrogen-bond acceptors (Lipinski definition) is 4. The second-order valence-electron chi connectivity index (χ2n) is 5.03. The van der Waals surface area contributed by atoms with E-state index in [2.05, 4.69) is 21.3 Å². The van der Waals surface area contributed by atoms with E-state index < -0.39 is 54.5 Å². The molecular formula is C14H12F6N4O2. The molecule has 0 aromatic carbocycles. The lowest BCUT2D eigenvalue weighted by molar-refractivity contribution is -0.142. The zero-order chi connectivity index (χ0) is 20.2. The summed E-state index contributed by atoms with van der Waals surface area (Å²) in [5, 5.41) is 12.2. The molecule has 0 aliphatic rings. The van der Waals surface area contributed by atoms with Gasteiger partial charge in [0.2, 0.25) is 0 Å². The maximum absolute atomic E-state index is 13.0. The van der Waals surface area contributed by atoms with Crippen LogP contribution in [0.3, 0.4) is 0 Å². The number of carbonyl (C=O) groups is 1. The molecule has 0 spiro atoms. The Balaban J connectivity index is 0.00000676. The van der Waals surface area contributed by atoms with Crippen molar-refractivity contribution in [1.29, 1.82) is 5.26 Å². The van der Waals surface area contributed by atoms with Gasteiger partial charge >= 0.3 is 23.9 Å². The Labute approximate surface area is 144 Å². The second-order valence-corrected chi connectivity index (χ2v) is 5.03. The van der Waals surface area contributed by atoms with Gasteiger partial charge in [0.05, 0.1) is 19.1 Å². The van der Waals surface area contributed by atoms with Crippen molar-refractivity contribution >= 4 is 5.97 Å². The van der Waals surface area contributed by atoms with Gasteiger partial charge in [-0.1, -0.05) is 6.58 Å². The molecule has 0 aliphatic carbocycles. The number of esters is 1. The summed E-state index contributed by atoms with van der Waals surface area (Å²) in [6.07, 6.45) is -11.0. The molecule has 0 fully saturated rings. The van der Waals surface area contributed by atoms with Crippen LogP contribution >= 0.6 is 0 Å². The number of hydrogen-bond donors (Lipinski definition) is 0. The predicted molar refractivity (Wildman–Crippen MR) is 75.2 cm³/mol. The third-order valence-corrected chi connectivity index (χ3v) is 3.11. The van der Waals surface area contributed by atoms with Gasteiger partial charge in [-0.15, -0.1) is 0 Å². The van der Waals surface area contributed by atoms with E-state index in [1.807, 2.05) is 0 Å². The largest absolute Gasteiger partial charge is 0.436 e. The SMILES string of the molecule is [C-]#[N+]C(C#N)(CCC(F)(F)F)Cn1cc(C(=O)OC=C)c(C(F)(F)F)n1.[HH]. The minimum atomic E-state index is -5.07. The molecule has 1 heterocycles. The highest BCUT2D eigenvalue weighted by Gasteiger charge is 2.44. The zero-order valence-corrected chi connectivity index (χ0v) is 12.9. The second kappa shape index (κ2) is 7.47. The lowest BCUT2D eigenvalue weighted by atomic mass is 9.96. The fraction of sp³-hybridized carbons (Fsp3) is 0.429. The van der Waals surface area contributed by atoms with E-state index in [0.717, 1.165) is 0 Å². The van der Waals surface area contributed by atoms with Crippen LogP contribution in [0.15, 0.2) is 19.0 Å². The maximum atomic E-state index is 13.0. The fourth-order valence-corrected chi connectivity index (χ4v) is 1.90. The van der Waals surface area contributed by atoms with Gasteiger partial charge in [0.1, 0.15) is 12.1 Å². The third-order valence-electron chi connectivity index (χ3n) is 3.11. The normalized spacial score (nSPS) is 14.0. The molecule has 1 rings (SSSR count). The Bertz CT molecular complexity index is 759. The van der Waals surface area contributed by atoms with Gasteiger partial charge in [-0.25, -0.2) is 11.4 Å². The van der Waals surface area contributed by atoms with Gasteiger partial charge < -0.3 is 4.74 Å². The molecular weight excluding hydrogens is 370 g/mol. The summed E-state index contributed by atoms with van der Waals surface area (Å²) in [6, 6.07) is 1.38. The number of halogens is 6. The van der Waals surface area contributed by atoms with Crippen LogP contribution in [0.4, 0.5) is 26.3 Å². The molecule has 0 radical (unpaired) electrons. The highest BCUT2D eigenvalue weighted by Crippen LogP contribution is 2.33. The van der Waals surface area contributed by atoms with E-state index in [-0.39, 0.29) is 1.43 Å². The molecule has 12 heteroatoms. The molecule has 0 saturated heterocycles. The van der Waals surface area contributed by atoms with Crippen molar-refractivity contribution < 1.29 is 37.3 Å². The van der Waals surface area contributed by atoms with E-state index >= 15 is 0 Å². The molecule has 1 unspecified atom stereocenters. The van der Waals surface area contributed by atoms with Crippen molar-refractivity contribution in [1.82, 2.24) is 9.78 Å². The first kappa shape index (κ1) is 21.0. The van der Waals surface area contributed by atoms with Crippen molar-refractivity contribution in [3.05, 3.63) is 41.7 Å². The van der Waals surface area contributed by atoms with E-state index in [4.69, 9.17) is 11.8 Å². The number of nitrogens with zero attached hydrogens (tertiary/aromatic N) is 4. The first-order valence-electron chi connectivity index (χ1n) is 6.70. The molecule has 6 nitrogen and oxygen atoms in total. The summed E-state index contributed by atoms with van der Waals surface area (Å²) in [5.74, 6) is -1.45. The van der Waals surface area contributed by atoms with Gasteiger partial charge in [0.25, 0.3) is 0 Å². The smallest absolute Gasteiger partial charge is 0.431 e. The highest BCUT2D eigenvalue weighted by molar-refractivity contribution is 5.91. The molecule has 0 saturated carbocycles. The first-order valence-corrected chi connectivity index (χ1v) is 6.70. The zero-order valence-electron chi connectivity index (χ0n) is 12.9. The Morgan fingerprint density at radius 3 is 2.46 bits per heavy atom. The topological polar surface area (TPSA) is 72.3 Å². The number of nitriles is 1. The summed E-state index contributed by atoms with van der Waals surface area (Å²) in [6.45, 7) is 9.09. The number of alkyl halides is 6. The lowest BCUT2D eigenvalue weighted by Gasteiger charge is -2.15. The summed E-state index contributed by atoms with van der Waals surface area (Å²) in [7, 11) is 0. The number of aromatic nitrogens is 2. The summed E-state index contributed by atoms with van der Waals surface area (Å²) < 4.78 is 80.7. The molecule has 1 atom stereocenters. The predicted octanol–water partition coefficient (Wildman–Crippen LogP) is 3.97. The van der Waals surface area contributed by atoms with Crippen LogP contribution in [0.5, 0.6) is 0 Å². The standard InChI is InChI=1S/C14H10F6N4O2.H2/c1-3-26-11(25)9-6-24(23-10(9)14(18,19)20)8-12(7-21,22-2)4-5-13(15,16)17;/h3,6H,1,4-5,8H2;1H. The molecule has 0 aliphatic heterocycles. The van der Waals surface area contributed by atoms with Crippen LogP contribution in [0.1, 0.15) is 30.3 Å². The van der Waals surface area contributed by atoms with Crippen LogP contribution in [0.2, 0.25) is 0 Å². The van der Waals surface area contributed by atoms with Crippen LogP contribution < -0.4 is 0 Å². The Morgan fingerprint density at radius 1 is 1.42 bits per heavy atom. The molecule has 0 amide bonds. The van der Waals surface area contributed by atoms with Crippen molar-refractivity contribution in [2.24, 2.45) is 0 Å². The van der Waals surface area contributed by atoms with Gasteiger partial charge in [-0.2, -0.15) is 36.7 Å². The lowest BCUT2D eigenvalue weighted by Crippen LogP contribution is -2.31. The van der Waals surface area contributed by atoms with Crippen molar-refractivity contribution in [3.8, 4) is 6.07 Å². The van der Waals surface area contributed by atoms with E-state index in [1.165, 1.54) is 6.07 Å². The number of ether oxygens (including phenoxy) is 1. The minimum absolute atomic E-state index is 0. The summed E-state index contributed by atoms with van der Waals surface area (Å²) in [4.78, 5) is 14.4.